The number of rotatable bonds is 3. The molecule has 24 heavy (non-hydrogen) atoms. The van der Waals surface area contributed by atoms with Gasteiger partial charge in [0, 0.05) is 30.2 Å². The lowest BCUT2D eigenvalue weighted by atomic mass is 10.1. The molecular weight excluding hydrogens is 322 g/mol. The molecule has 2 N–H and O–H groups in total. The summed E-state index contributed by atoms with van der Waals surface area (Å²) >= 11 is 6.35. The second-order valence-corrected chi connectivity index (χ2v) is 6.22. The molecule has 0 radical (unpaired) electrons. The van der Waals surface area contributed by atoms with Crippen molar-refractivity contribution in [3.05, 3.63) is 65.2 Å². The van der Waals surface area contributed by atoms with Crippen molar-refractivity contribution in [1.29, 1.82) is 0 Å². The van der Waals surface area contributed by atoms with Gasteiger partial charge in [-0.25, -0.2) is 4.98 Å². The standard InChI is InChI=1S/C19H18ClN3O/c20-16-11-19(23-17-4-2-1-3-15(16)17)22-14-7-5-13(6-8-14)18-12-21-9-10-24-18/h1-8,11,18,21H,9-10,12H2,(H,22,23)/t18-/m1/s1. The number of benzene rings is 2. The lowest BCUT2D eigenvalue weighted by Crippen LogP contribution is -2.33. The minimum absolute atomic E-state index is 0.126. The van der Waals surface area contributed by atoms with Crippen molar-refractivity contribution in [2.75, 3.05) is 25.0 Å². The molecule has 5 heteroatoms. The second kappa shape index (κ2) is 6.77. The van der Waals surface area contributed by atoms with Gasteiger partial charge in [-0.1, -0.05) is 41.9 Å². The number of morpholine rings is 1. The van der Waals surface area contributed by atoms with Crippen molar-refractivity contribution < 1.29 is 4.74 Å². The van der Waals surface area contributed by atoms with Crippen LogP contribution in [0.1, 0.15) is 11.7 Å². The Kier molecular flexibility index (Phi) is 4.34. The fourth-order valence-corrected chi connectivity index (χ4v) is 3.17. The van der Waals surface area contributed by atoms with Crippen LogP contribution in [-0.2, 0) is 4.74 Å². The Hall–Kier alpha value is -2.14. The maximum Gasteiger partial charge on any atom is 0.132 e. The number of pyridine rings is 1. The van der Waals surface area contributed by atoms with E-state index in [4.69, 9.17) is 16.3 Å². The summed E-state index contributed by atoms with van der Waals surface area (Å²) in [6.45, 7) is 2.53. The Morgan fingerprint density at radius 2 is 1.96 bits per heavy atom. The molecule has 0 unspecified atom stereocenters. The van der Waals surface area contributed by atoms with E-state index < -0.39 is 0 Å². The van der Waals surface area contributed by atoms with E-state index in [2.05, 4.69) is 27.8 Å². The van der Waals surface area contributed by atoms with Crippen molar-refractivity contribution >= 4 is 34.0 Å². The van der Waals surface area contributed by atoms with Gasteiger partial charge in [-0.3, -0.25) is 0 Å². The summed E-state index contributed by atoms with van der Waals surface area (Å²) in [5, 5.41) is 8.32. The van der Waals surface area contributed by atoms with Crippen LogP contribution in [-0.4, -0.2) is 24.7 Å². The molecule has 1 saturated heterocycles. The maximum atomic E-state index is 6.35. The number of halogens is 1. The quantitative estimate of drug-likeness (QED) is 0.747. The number of nitrogens with zero attached hydrogens (tertiary/aromatic N) is 1. The smallest absolute Gasteiger partial charge is 0.132 e. The molecule has 1 aliphatic rings. The molecule has 4 nitrogen and oxygen atoms in total. The Bertz CT molecular complexity index is 845. The number of hydrogen-bond donors (Lipinski definition) is 2. The van der Waals surface area contributed by atoms with Gasteiger partial charge in [-0.15, -0.1) is 0 Å². The average Bonchev–Trinajstić information content (AvgIpc) is 2.63. The monoisotopic (exact) mass is 339 g/mol. The Morgan fingerprint density at radius 3 is 2.75 bits per heavy atom. The zero-order chi connectivity index (χ0) is 16.4. The van der Waals surface area contributed by atoms with Gasteiger partial charge in [0.05, 0.1) is 23.3 Å². The van der Waals surface area contributed by atoms with Gasteiger partial charge >= 0.3 is 0 Å². The highest BCUT2D eigenvalue weighted by atomic mass is 35.5. The summed E-state index contributed by atoms with van der Waals surface area (Å²) in [5.74, 6) is 0.738. The summed E-state index contributed by atoms with van der Waals surface area (Å²) in [4.78, 5) is 4.61. The molecule has 0 aliphatic carbocycles. The molecule has 4 rings (SSSR count). The van der Waals surface area contributed by atoms with Crippen molar-refractivity contribution in [3.63, 3.8) is 0 Å². The van der Waals surface area contributed by atoms with Crippen molar-refractivity contribution in [3.8, 4) is 0 Å². The summed E-state index contributed by atoms with van der Waals surface area (Å²) in [6, 6.07) is 18.0. The number of hydrogen-bond acceptors (Lipinski definition) is 4. The van der Waals surface area contributed by atoms with Crippen LogP contribution in [0.2, 0.25) is 5.02 Å². The van der Waals surface area contributed by atoms with Gasteiger partial charge in [0.1, 0.15) is 5.82 Å². The number of anilines is 2. The number of ether oxygens (including phenoxy) is 1. The van der Waals surface area contributed by atoms with Gasteiger partial charge in [-0.2, -0.15) is 0 Å². The van der Waals surface area contributed by atoms with E-state index in [-0.39, 0.29) is 6.10 Å². The van der Waals surface area contributed by atoms with Crippen LogP contribution in [0.25, 0.3) is 10.9 Å². The summed E-state index contributed by atoms with van der Waals surface area (Å²) in [7, 11) is 0. The van der Waals surface area contributed by atoms with Crippen LogP contribution in [0.5, 0.6) is 0 Å². The van der Waals surface area contributed by atoms with E-state index in [1.165, 1.54) is 5.56 Å². The molecule has 0 bridgehead atoms. The van der Waals surface area contributed by atoms with Crippen molar-refractivity contribution in [2.24, 2.45) is 0 Å². The molecule has 1 aliphatic heterocycles. The lowest BCUT2D eigenvalue weighted by Gasteiger charge is -2.24. The molecule has 0 amide bonds. The van der Waals surface area contributed by atoms with Crippen LogP contribution in [0.4, 0.5) is 11.5 Å². The minimum Gasteiger partial charge on any atom is -0.371 e. The summed E-state index contributed by atoms with van der Waals surface area (Å²) in [5.41, 5.74) is 3.03. The van der Waals surface area contributed by atoms with E-state index in [0.717, 1.165) is 42.1 Å². The largest absolute Gasteiger partial charge is 0.371 e. The van der Waals surface area contributed by atoms with Gasteiger partial charge in [-0.05, 0) is 23.8 Å². The molecule has 3 aromatic rings. The molecule has 2 aromatic carbocycles. The Labute approximate surface area is 145 Å². The Morgan fingerprint density at radius 1 is 1.12 bits per heavy atom. The van der Waals surface area contributed by atoms with E-state index >= 15 is 0 Å². The Balaban J connectivity index is 1.54. The maximum absolute atomic E-state index is 6.35. The molecule has 1 fully saturated rings. The molecular formula is C19H18ClN3O. The minimum atomic E-state index is 0.126. The topological polar surface area (TPSA) is 46.2 Å². The highest BCUT2D eigenvalue weighted by molar-refractivity contribution is 6.35. The number of nitrogens with one attached hydrogen (secondary N) is 2. The average molecular weight is 340 g/mol. The molecule has 122 valence electrons. The van der Waals surface area contributed by atoms with Crippen LogP contribution >= 0.6 is 11.6 Å². The predicted molar refractivity (Wildman–Crippen MR) is 98.0 cm³/mol. The summed E-state index contributed by atoms with van der Waals surface area (Å²) < 4.78 is 5.77. The van der Waals surface area contributed by atoms with Crippen molar-refractivity contribution in [2.45, 2.75) is 6.10 Å². The molecule has 0 saturated carbocycles. The van der Waals surface area contributed by atoms with E-state index in [9.17, 15) is 0 Å². The predicted octanol–water partition coefficient (Wildman–Crippen LogP) is 4.29. The molecule has 1 atom stereocenters. The van der Waals surface area contributed by atoms with Gasteiger partial charge in [0.2, 0.25) is 0 Å². The summed E-state index contributed by atoms with van der Waals surface area (Å²) in [6.07, 6.45) is 0.126. The highest BCUT2D eigenvalue weighted by Gasteiger charge is 2.15. The van der Waals surface area contributed by atoms with Gasteiger partial charge in [0.25, 0.3) is 0 Å². The SMILES string of the molecule is Clc1cc(Nc2ccc([C@H]3CNCCO3)cc2)nc2ccccc12. The second-order valence-electron chi connectivity index (χ2n) is 5.82. The van der Waals surface area contributed by atoms with E-state index in [1.807, 2.05) is 42.5 Å². The van der Waals surface area contributed by atoms with Crippen LogP contribution in [0.3, 0.4) is 0 Å². The fourth-order valence-electron chi connectivity index (χ4n) is 2.91. The first-order chi connectivity index (χ1) is 11.8. The zero-order valence-corrected chi connectivity index (χ0v) is 13.9. The number of fused-ring (bicyclic) bond motifs is 1. The third kappa shape index (κ3) is 3.22. The first-order valence-corrected chi connectivity index (χ1v) is 8.42. The molecule has 0 spiro atoms. The van der Waals surface area contributed by atoms with E-state index in [0.29, 0.717) is 5.02 Å². The van der Waals surface area contributed by atoms with Crippen LogP contribution in [0, 0.1) is 0 Å². The molecule has 1 aromatic heterocycles. The zero-order valence-electron chi connectivity index (χ0n) is 13.1. The van der Waals surface area contributed by atoms with Crippen LogP contribution < -0.4 is 10.6 Å². The number of aromatic nitrogens is 1. The first kappa shape index (κ1) is 15.4. The first-order valence-electron chi connectivity index (χ1n) is 8.04. The van der Waals surface area contributed by atoms with E-state index in [1.54, 1.807) is 0 Å². The fraction of sp³-hybridized carbons (Fsp3) is 0.211. The van der Waals surface area contributed by atoms with Gasteiger partial charge < -0.3 is 15.4 Å². The highest BCUT2D eigenvalue weighted by Crippen LogP contribution is 2.27. The van der Waals surface area contributed by atoms with Gasteiger partial charge in [0.15, 0.2) is 0 Å². The third-order valence-corrected chi connectivity index (χ3v) is 4.46. The lowest BCUT2D eigenvalue weighted by molar-refractivity contribution is 0.0277. The molecule has 2 heterocycles. The van der Waals surface area contributed by atoms with Crippen molar-refractivity contribution in [1.82, 2.24) is 10.3 Å². The third-order valence-electron chi connectivity index (χ3n) is 4.15. The number of para-hydroxylation sites is 1. The van der Waals surface area contributed by atoms with Crippen LogP contribution in [0.15, 0.2) is 54.6 Å². The normalized spacial score (nSPS) is 17.8.